The Hall–Kier alpha value is -1.79. The summed E-state index contributed by atoms with van der Waals surface area (Å²) in [5.41, 5.74) is 5.18. The van der Waals surface area contributed by atoms with Crippen LogP contribution in [0.15, 0.2) is 18.2 Å². The number of ether oxygens (including phenoxy) is 1. The van der Waals surface area contributed by atoms with Gasteiger partial charge in [0.25, 0.3) is 11.8 Å². The van der Waals surface area contributed by atoms with Gasteiger partial charge in [0.15, 0.2) is 6.10 Å². The molecular weight excluding hydrogens is 307 g/mol. The van der Waals surface area contributed by atoms with Crippen molar-refractivity contribution in [3.05, 3.63) is 33.8 Å². The van der Waals surface area contributed by atoms with Crippen LogP contribution in [0.2, 0.25) is 10.0 Å². The predicted molar refractivity (Wildman–Crippen MR) is 73.5 cm³/mol. The lowest BCUT2D eigenvalue weighted by molar-refractivity contribution is -0.152. The first-order valence-electron chi connectivity index (χ1n) is 5.53. The molecule has 0 unspecified atom stereocenters. The largest absolute Gasteiger partial charge is 0.451 e. The molecular formula is C12H12Cl2N2O4. The smallest absolute Gasteiger partial charge is 0.326 e. The average Bonchev–Trinajstić information content (AvgIpc) is 2.39. The topological polar surface area (TPSA) is 98.5 Å². The molecule has 1 aromatic carbocycles. The first kappa shape index (κ1) is 16.3. The van der Waals surface area contributed by atoms with E-state index in [-0.39, 0.29) is 10.6 Å². The summed E-state index contributed by atoms with van der Waals surface area (Å²) < 4.78 is 4.67. The molecule has 0 heterocycles. The Morgan fingerprint density at radius 3 is 2.50 bits per heavy atom. The summed E-state index contributed by atoms with van der Waals surface area (Å²) in [6.07, 6.45) is -1.05. The second-order valence-corrected chi connectivity index (χ2v) is 4.66. The molecule has 1 atom stereocenters. The van der Waals surface area contributed by atoms with Crippen LogP contribution in [-0.4, -0.2) is 30.4 Å². The van der Waals surface area contributed by atoms with Gasteiger partial charge in [-0.1, -0.05) is 23.2 Å². The minimum Gasteiger partial charge on any atom is -0.451 e. The van der Waals surface area contributed by atoms with Gasteiger partial charge in [-0.3, -0.25) is 14.4 Å². The number of benzene rings is 1. The van der Waals surface area contributed by atoms with Gasteiger partial charge in [0.05, 0.1) is 10.0 Å². The van der Waals surface area contributed by atoms with E-state index in [2.05, 4.69) is 10.1 Å². The van der Waals surface area contributed by atoms with Crippen LogP contribution in [-0.2, 0) is 14.3 Å². The fraction of sp³-hybridized carbons (Fsp3) is 0.250. The normalized spacial score (nSPS) is 11.6. The summed E-state index contributed by atoms with van der Waals surface area (Å²) in [7, 11) is 0. The first-order valence-corrected chi connectivity index (χ1v) is 6.29. The minimum absolute atomic E-state index is 0.226. The Bertz CT molecular complexity index is 548. The van der Waals surface area contributed by atoms with Crippen LogP contribution >= 0.6 is 23.2 Å². The van der Waals surface area contributed by atoms with Crippen LogP contribution in [0.1, 0.15) is 17.3 Å². The van der Waals surface area contributed by atoms with Crippen molar-refractivity contribution in [3.63, 3.8) is 0 Å². The van der Waals surface area contributed by atoms with Crippen molar-refractivity contribution >= 4 is 41.0 Å². The number of primary amides is 1. The maximum atomic E-state index is 11.7. The fourth-order valence-electron chi connectivity index (χ4n) is 1.19. The standard InChI is InChI=1S/C12H12Cl2N2O4/c1-6(11(15)18)20-10(17)5-16-12(19)7-2-3-8(13)9(14)4-7/h2-4,6H,5H2,1H3,(H2,15,18)(H,16,19)/t6-/m1/s1. The van der Waals surface area contributed by atoms with Gasteiger partial charge in [-0.25, -0.2) is 0 Å². The molecule has 20 heavy (non-hydrogen) atoms. The van der Waals surface area contributed by atoms with Crippen molar-refractivity contribution in [1.29, 1.82) is 0 Å². The number of nitrogens with one attached hydrogen (secondary N) is 1. The lowest BCUT2D eigenvalue weighted by atomic mass is 10.2. The van der Waals surface area contributed by atoms with Crippen molar-refractivity contribution in [2.45, 2.75) is 13.0 Å². The van der Waals surface area contributed by atoms with Gasteiger partial charge in [0.1, 0.15) is 6.54 Å². The van der Waals surface area contributed by atoms with E-state index in [1.807, 2.05) is 0 Å². The van der Waals surface area contributed by atoms with E-state index in [9.17, 15) is 14.4 Å². The molecule has 108 valence electrons. The highest BCUT2D eigenvalue weighted by molar-refractivity contribution is 6.42. The van der Waals surface area contributed by atoms with Crippen LogP contribution in [0, 0.1) is 0 Å². The maximum absolute atomic E-state index is 11.7. The Kier molecular flexibility index (Phi) is 5.79. The summed E-state index contributed by atoms with van der Waals surface area (Å²) in [4.78, 5) is 33.7. The van der Waals surface area contributed by atoms with E-state index in [0.717, 1.165) is 0 Å². The molecule has 0 fully saturated rings. The Morgan fingerprint density at radius 1 is 1.30 bits per heavy atom. The Balaban J connectivity index is 2.53. The van der Waals surface area contributed by atoms with E-state index in [1.165, 1.54) is 25.1 Å². The quantitative estimate of drug-likeness (QED) is 0.795. The number of esters is 1. The number of hydrogen-bond donors (Lipinski definition) is 2. The highest BCUT2D eigenvalue weighted by atomic mass is 35.5. The molecule has 0 aliphatic rings. The highest BCUT2D eigenvalue weighted by Gasteiger charge is 2.15. The summed E-state index contributed by atoms with van der Waals surface area (Å²) in [5, 5.41) is 2.87. The van der Waals surface area contributed by atoms with Crippen molar-refractivity contribution in [1.82, 2.24) is 5.32 Å². The van der Waals surface area contributed by atoms with Crippen molar-refractivity contribution in [2.75, 3.05) is 6.54 Å². The minimum atomic E-state index is -1.05. The zero-order valence-corrected chi connectivity index (χ0v) is 12.0. The fourth-order valence-corrected chi connectivity index (χ4v) is 1.49. The molecule has 0 aliphatic heterocycles. The van der Waals surface area contributed by atoms with E-state index in [4.69, 9.17) is 28.9 Å². The van der Waals surface area contributed by atoms with Crippen LogP contribution in [0.3, 0.4) is 0 Å². The number of carbonyl (C=O) groups excluding carboxylic acids is 3. The van der Waals surface area contributed by atoms with Gasteiger partial charge in [-0.2, -0.15) is 0 Å². The molecule has 8 heteroatoms. The van der Waals surface area contributed by atoms with Crippen molar-refractivity contribution in [2.24, 2.45) is 5.73 Å². The number of rotatable bonds is 5. The van der Waals surface area contributed by atoms with Gasteiger partial charge in [-0.15, -0.1) is 0 Å². The van der Waals surface area contributed by atoms with E-state index >= 15 is 0 Å². The van der Waals surface area contributed by atoms with Gasteiger partial charge < -0.3 is 15.8 Å². The molecule has 6 nitrogen and oxygen atoms in total. The van der Waals surface area contributed by atoms with E-state index in [0.29, 0.717) is 5.02 Å². The number of hydrogen-bond acceptors (Lipinski definition) is 4. The molecule has 0 aromatic heterocycles. The second kappa shape index (κ2) is 7.12. The van der Waals surface area contributed by atoms with Gasteiger partial charge in [0.2, 0.25) is 0 Å². The monoisotopic (exact) mass is 318 g/mol. The molecule has 0 radical (unpaired) electrons. The third-order valence-corrected chi connectivity index (χ3v) is 3.02. The zero-order chi connectivity index (χ0) is 15.3. The molecule has 0 saturated heterocycles. The molecule has 0 bridgehead atoms. The van der Waals surface area contributed by atoms with E-state index < -0.39 is 30.4 Å². The van der Waals surface area contributed by atoms with Gasteiger partial charge in [0, 0.05) is 5.56 Å². The maximum Gasteiger partial charge on any atom is 0.326 e. The SMILES string of the molecule is C[C@@H](OC(=O)CNC(=O)c1ccc(Cl)c(Cl)c1)C(N)=O. The number of amides is 2. The molecule has 1 rings (SSSR count). The van der Waals surface area contributed by atoms with Crippen molar-refractivity contribution < 1.29 is 19.1 Å². The first-order chi connectivity index (χ1) is 9.31. The molecule has 0 aliphatic carbocycles. The molecule has 2 amide bonds. The number of nitrogens with two attached hydrogens (primary N) is 1. The van der Waals surface area contributed by atoms with Crippen LogP contribution in [0.25, 0.3) is 0 Å². The predicted octanol–water partition coefficient (Wildman–Crippen LogP) is 1.14. The zero-order valence-electron chi connectivity index (χ0n) is 10.5. The molecule has 3 N–H and O–H groups in total. The summed E-state index contributed by atoms with van der Waals surface area (Å²) in [5.74, 6) is -2.06. The summed E-state index contributed by atoms with van der Waals surface area (Å²) in [6.45, 7) is 0.942. The number of carbonyl (C=O) groups is 3. The summed E-state index contributed by atoms with van der Waals surface area (Å²) in [6, 6.07) is 4.30. The molecule has 0 saturated carbocycles. The van der Waals surface area contributed by atoms with Crippen LogP contribution < -0.4 is 11.1 Å². The molecule has 0 spiro atoms. The Labute approximate surface area is 125 Å². The molecule has 1 aromatic rings. The third-order valence-electron chi connectivity index (χ3n) is 2.28. The average molecular weight is 319 g/mol. The lowest BCUT2D eigenvalue weighted by Gasteiger charge is -2.10. The third kappa shape index (κ3) is 4.71. The summed E-state index contributed by atoms with van der Waals surface area (Å²) >= 11 is 11.5. The van der Waals surface area contributed by atoms with Gasteiger partial charge >= 0.3 is 5.97 Å². The highest BCUT2D eigenvalue weighted by Crippen LogP contribution is 2.22. The second-order valence-electron chi connectivity index (χ2n) is 3.85. The number of halogens is 2. The van der Waals surface area contributed by atoms with Crippen LogP contribution in [0.5, 0.6) is 0 Å². The lowest BCUT2D eigenvalue weighted by Crippen LogP contribution is -2.36. The van der Waals surface area contributed by atoms with E-state index in [1.54, 1.807) is 0 Å². The van der Waals surface area contributed by atoms with Gasteiger partial charge in [-0.05, 0) is 25.1 Å². The van der Waals surface area contributed by atoms with Crippen molar-refractivity contribution in [3.8, 4) is 0 Å². The van der Waals surface area contributed by atoms with Crippen LogP contribution in [0.4, 0.5) is 0 Å². The Morgan fingerprint density at radius 2 is 1.95 bits per heavy atom.